The van der Waals surface area contributed by atoms with Crippen LogP contribution >= 0.6 is 0 Å². The number of aromatic nitrogens is 4. The van der Waals surface area contributed by atoms with Crippen molar-refractivity contribution in [3.05, 3.63) is 53.7 Å². The quantitative estimate of drug-likeness (QED) is 0.794. The SMILES string of the molecule is Cc1ccnc(CC(C)N(C)C(=O)Nc2cccn3nc(C)nc23)c1. The van der Waals surface area contributed by atoms with Gasteiger partial charge in [0.2, 0.25) is 0 Å². The predicted octanol–water partition coefficient (Wildman–Crippen LogP) is 2.84. The number of carbonyl (C=O) groups excluding carboxylic acids is 1. The van der Waals surface area contributed by atoms with Gasteiger partial charge in [0.15, 0.2) is 5.65 Å². The molecule has 0 saturated carbocycles. The highest BCUT2D eigenvalue weighted by Gasteiger charge is 2.18. The van der Waals surface area contributed by atoms with Crippen molar-refractivity contribution in [1.29, 1.82) is 0 Å². The van der Waals surface area contributed by atoms with Gasteiger partial charge in [-0.05, 0) is 50.6 Å². The summed E-state index contributed by atoms with van der Waals surface area (Å²) in [5.74, 6) is 0.661. The number of pyridine rings is 2. The molecule has 3 aromatic heterocycles. The fraction of sp³-hybridized carbons (Fsp3) is 0.333. The minimum atomic E-state index is -0.186. The summed E-state index contributed by atoms with van der Waals surface area (Å²) in [6.45, 7) is 5.86. The lowest BCUT2D eigenvalue weighted by Crippen LogP contribution is -2.39. The summed E-state index contributed by atoms with van der Waals surface area (Å²) in [6, 6.07) is 7.48. The first-order valence-corrected chi connectivity index (χ1v) is 8.21. The van der Waals surface area contributed by atoms with E-state index >= 15 is 0 Å². The monoisotopic (exact) mass is 338 g/mol. The molecule has 1 unspecified atom stereocenters. The standard InChI is InChI=1S/C18H22N6O/c1-12-7-8-19-15(10-12)11-13(2)23(4)18(25)21-16-6-5-9-24-17(16)20-14(3)22-24/h5-10,13H,11H2,1-4H3,(H,21,25). The van der Waals surface area contributed by atoms with Gasteiger partial charge in [-0.1, -0.05) is 0 Å². The first kappa shape index (κ1) is 16.9. The number of likely N-dealkylation sites (N-methyl/N-ethyl adjacent to an activating group) is 1. The van der Waals surface area contributed by atoms with Crippen LogP contribution in [0.15, 0.2) is 36.7 Å². The molecule has 0 aliphatic rings. The Morgan fingerprint density at radius 2 is 2.16 bits per heavy atom. The van der Waals surface area contributed by atoms with E-state index in [-0.39, 0.29) is 12.1 Å². The van der Waals surface area contributed by atoms with Crippen LogP contribution in [0.1, 0.15) is 24.0 Å². The van der Waals surface area contributed by atoms with Crippen molar-refractivity contribution < 1.29 is 4.79 Å². The van der Waals surface area contributed by atoms with Crippen LogP contribution in [0.3, 0.4) is 0 Å². The number of urea groups is 1. The summed E-state index contributed by atoms with van der Waals surface area (Å²) < 4.78 is 1.66. The van der Waals surface area contributed by atoms with Crippen LogP contribution in [-0.2, 0) is 6.42 Å². The summed E-state index contributed by atoms with van der Waals surface area (Å²) in [5.41, 5.74) is 3.41. The minimum Gasteiger partial charge on any atom is -0.324 e. The second kappa shape index (κ2) is 6.88. The lowest BCUT2D eigenvalue weighted by atomic mass is 10.1. The van der Waals surface area contributed by atoms with Crippen LogP contribution < -0.4 is 5.32 Å². The summed E-state index contributed by atoms with van der Waals surface area (Å²) in [7, 11) is 1.78. The molecule has 1 atom stereocenters. The molecular weight excluding hydrogens is 316 g/mol. The maximum Gasteiger partial charge on any atom is 0.321 e. The Morgan fingerprint density at radius 1 is 1.36 bits per heavy atom. The first-order chi connectivity index (χ1) is 11.9. The number of aryl methyl sites for hydroxylation is 2. The summed E-state index contributed by atoms with van der Waals surface area (Å²) in [4.78, 5) is 23.0. The van der Waals surface area contributed by atoms with Crippen LogP contribution in [0.5, 0.6) is 0 Å². The van der Waals surface area contributed by atoms with Gasteiger partial charge in [0, 0.05) is 37.6 Å². The molecule has 25 heavy (non-hydrogen) atoms. The van der Waals surface area contributed by atoms with Gasteiger partial charge in [-0.3, -0.25) is 4.98 Å². The van der Waals surface area contributed by atoms with Crippen LogP contribution in [0, 0.1) is 13.8 Å². The van der Waals surface area contributed by atoms with Crippen LogP contribution in [0.2, 0.25) is 0 Å². The smallest absolute Gasteiger partial charge is 0.321 e. The Labute approximate surface area is 146 Å². The van der Waals surface area contributed by atoms with Gasteiger partial charge < -0.3 is 10.2 Å². The molecule has 7 heteroatoms. The highest BCUT2D eigenvalue weighted by molar-refractivity contribution is 5.93. The molecule has 0 saturated heterocycles. The molecule has 0 aromatic carbocycles. The summed E-state index contributed by atoms with van der Waals surface area (Å²) >= 11 is 0. The van der Waals surface area contributed by atoms with Crippen molar-refractivity contribution in [2.45, 2.75) is 33.2 Å². The number of rotatable bonds is 4. The highest BCUT2D eigenvalue weighted by Crippen LogP contribution is 2.16. The third kappa shape index (κ3) is 3.76. The molecule has 0 radical (unpaired) electrons. The molecule has 3 rings (SSSR count). The van der Waals surface area contributed by atoms with Gasteiger partial charge >= 0.3 is 6.03 Å². The second-order valence-corrected chi connectivity index (χ2v) is 6.27. The van der Waals surface area contributed by atoms with Gasteiger partial charge in [-0.2, -0.15) is 5.10 Å². The maximum absolute atomic E-state index is 12.6. The van der Waals surface area contributed by atoms with E-state index in [4.69, 9.17) is 0 Å². The van der Waals surface area contributed by atoms with Crippen LogP contribution in [-0.4, -0.2) is 43.6 Å². The molecule has 0 spiro atoms. The molecule has 0 fully saturated rings. The van der Waals surface area contributed by atoms with E-state index in [9.17, 15) is 4.79 Å². The van der Waals surface area contributed by atoms with E-state index in [2.05, 4.69) is 20.4 Å². The number of anilines is 1. The average Bonchev–Trinajstić information content (AvgIpc) is 2.95. The Hall–Kier alpha value is -2.96. The van der Waals surface area contributed by atoms with Crippen molar-refractivity contribution in [1.82, 2.24) is 24.5 Å². The zero-order valence-electron chi connectivity index (χ0n) is 14.9. The molecule has 0 aliphatic heterocycles. The maximum atomic E-state index is 12.6. The van der Waals surface area contributed by atoms with Crippen molar-refractivity contribution >= 4 is 17.4 Å². The van der Waals surface area contributed by atoms with Crippen molar-refractivity contribution in [3.8, 4) is 0 Å². The zero-order valence-corrected chi connectivity index (χ0v) is 14.9. The highest BCUT2D eigenvalue weighted by atomic mass is 16.2. The summed E-state index contributed by atoms with van der Waals surface area (Å²) in [5, 5.41) is 7.18. The zero-order chi connectivity index (χ0) is 18.0. The van der Waals surface area contributed by atoms with E-state index in [1.54, 1.807) is 28.9 Å². The molecule has 3 aromatic rings. The van der Waals surface area contributed by atoms with Crippen LogP contribution in [0.25, 0.3) is 5.65 Å². The Kier molecular flexibility index (Phi) is 4.65. The number of nitrogens with zero attached hydrogens (tertiary/aromatic N) is 5. The Morgan fingerprint density at radius 3 is 2.92 bits per heavy atom. The Bertz CT molecular complexity index is 903. The lowest BCUT2D eigenvalue weighted by Gasteiger charge is -2.25. The molecule has 2 amide bonds. The van der Waals surface area contributed by atoms with Crippen molar-refractivity contribution in [2.75, 3.05) is 12.4 Å². The van der Waals surface area contributed by atoms with Gasteiger partial charge in [-0.25, -0.2) is 14.3 Å². The topological polar surface area (TPSA) is 75.4 Å². The van der Waals surface area contributed by atoms with Gasteiger partial charge in [-0.15, -0.1) is 0 Å². The average molecular weight is 338 g/mol. The largest absolute Gasteiger partial charge is 0.324 e. The first-order valence-electron chi connectivity index (χ1n) is 8.21. The second-order valence-electron chi connectivity index (χ2n) is 6.27. The molecule has 130 valence electrons. The molecule has 0 aliphatic carbocycles. The fourth-order valence-electron chi connectivity index (χ4n) is 2.66. The lowest BCUT2D eigenvalue weighted by molar-refractivity contribution is 0.207. The van der Waals surface area contributed by atoms with Crippen molar-refractivity contribution in [2.24, 2.45) is 0 Å². The Balaban J connectivity index is 1.71. The van der Waals surface area contributed by atoms with E-state index in [1.807, 2.05) is 45.0 Å². The van der Waals surface area contributed by atoms with E-state index < -0.39 is 0 Å². The van der Waals surface area contributed by atoms with Gasteiger partial charge in [0.25, 0.3) is 0 Å². The summed E-state index contributed by atoms with van der Waals surface area (Å²) in [6.07, 6.45) is 4.30. The van der Waals surface area contributed by atoms with Gasteiger partial charge in [0.05, 0.1) is 5.69 Å². The van der Waals surface area contributed by atoms with E-state index in [0.29, 0.717) is 23.6 Å². The number of amides is 2. The number of fused-ring (bicyclic) bond motifs is 1. The minimum absolute atomic E-state index is 0.00800. The molecule has 0 bridgehead atoms. The number of nitrogens with one attached hydrogen (secondary N) is 1. The normalized spacial score (nSPS) is 12.2. The number of hydrogen-bond donors (Lipinski definition) is 1. The molecule has 3 heterocycles. The van der Waals surface area contributed by atoms with Gasteiger partial charge in [0.1, 0.15) is 5.82 Å². The van der Waals surface area contributed by atoms with Crippen molar-refractivity contribution in [3.63, 3.8) is 0 Å². The van der Waals surface area contributed by atoms with E-state index in [1.165, 1.54) is 0 Å². The third-order valence-corrected chi connectivity index (χ3v) is 4.17. The fourth-order valence-corrected chi connectivity index (χ4v) is 2.66. The molecule has 1 N–H and O–H groups in total. The third-order valence-electron chi connectivity index (χ3n) is 4.17. The van der Waals surface area contributed by atoms with Crippen LogP contribution in [0.4, 0.5) is 10.5 Å². The van der Waals surface area contributed by atoms with E-state index in [0.717, 1.165) is 11.3 Å². The molecular formula is C18H22N6O. The number of carbonyl (C=O) groups is 1. The number of hydrogen-bond acceptors (Lipinski definition) is 4. The molecule has 7 nitrogen and oxygen atoms in total. The predicted molar refractivity (Wildman–Crippen MR) is 96.6 cm³/mol.